The topological polar surface area (TPSA) is 56.1 Å². The van der Waals surface area contributed by atoms with Gasteiger partial charge in [-0.1, -0.05) is 11.6 Å². The number of alkyl halides is 1. The second kappa shape index (κ2) is 6.23. The van der Waals surface area contributed by atoms with E-state index in [-0.39, 0.29) is 0 Å². The first-order valence-electron chi connectivity index (χ1n) is 5.08. The van der Waals surface area contributed by atoms with Gasteiger partial charge in [0.05, 0.1) is 23.5 Å². The van der Waals surface area contributed by atoms with Crippen molar-refractivity contribution in [2.45, 2.75) is 18.8 Å². The normalized spacial score (nSPS) is 12.5. The summed E-state index contributed by atoms with van der Waals surface area (Å²) in [6.07, 6.45) is 0. The third kappa shape index (κ3) is 3.59. The number of rotatable bonds is 5. The first-order valence-corrected chi connectivity index (χ1v) is 5.89. The van der Waals surface area contributed by atoms with Crippen LogP contribution in [0.3, 0.4) is 0 Å². The molecule has 1 heterocycles. The third-order valence-electron chi connectivity index (χ3n) is 2.33. The van der Waals surface area contributed by atoms with Crippen molar-refractivity contribution < 1.29 is 9.53 Å². The standard InChI is InChI=1S/C10H15Cl2N3O2/c1-6-9(12)8(15(2)14-6)5-13-4-7(11)10(16)17-3/h7,13H,4-5H2,1-3H3. The van der Waals surface area contributed by atoms with Gasteiger partial charge in [-0.2, -0.15) is 5.10 Å². The van der Waals surface area contributed by atoms with Gasteiger partial charge in [0.15, 0.2) is 0 Å². The van der Waals surface area contributed by atoms with Gasteiger partial charge < -0.3 is 10.1 Å². The number of halogens is 2. The van der Waals surface area contributed by atoms with Crippen LogP contribution < -0.4 is 5.32 Å². The van der Waals surface area contributed by atoms with Crippen LogP contribution in [0, 0.1) is 6.92 Å². The van der Waals surface area contributed by atoms with Crippen LogP contribution in [0.5, 0.6) is 0 Å². The molecule has 0 bridgehead atoms. The van der Waals surface area contributed by atoms with Crippen molar-refractivity contribution in [1.82, 2.24) is 15.1 Å². The largest absolute Gasteiger partial charge is 0.468 e. The van der Waals surface area contributed by atoms with Crippen LogP contribution in [-0.2, 0) is 23.1 Å². The van der Waals surface area contributed by atoms with Crippen molar-refractivity contribution in [3.05, 3.63) is 16.4 Å². The molecule has 0 radical (unpaired) electrons. The fourth-order valence-corrected chi connectivity index (χ4v) is 1.83. The lowest BCUT2D eigenvalue weighted by Crippen LogP contribution is -2.30. The van der Waals surface area contributed by atoms with E-state index in [0.717, 1.165) is 11.4 Å². The molecule has 1 rings (SSSR count). The van der Waals surface area contributed by atoms with Crippen LogP contribution >= 0.6 is 23.2 Å². The number of ether oxygens (including phenoxy) is 1. The number of esters is 1. The Morgan fingerprint density at radius 2 is 2.29 bits per heavy atom. The van der Waals surface area contributed by atoms with Crippen molar-refractivity contribution in [3.8, 4) is 0 Å². The van der Waals surface area contributed by atoms with Gasteiger partial charge in [-0.25, -0.2) is 0 Å². The highest BCUT2D eigenvalue weighted by Gasteiger charge is 2.16. The molecule has 0 amide bonds. The van der Waals surface area contributed by atoms with E-state index in [2.05, 4.69) is 15.2 Å². The second-order valence-electron chi connectivity index (χ2n) is 3.59. The van der Waals surface area contributed by atoms with Gasteiger partial charge in [-0.05, 0) is 6.92 Å². The minimum Gasteiger partial charge on any atom is -0.468 e. The number of carbonyl (C=O) groups is 1. The van der Waals surface area contributed by atoms with Crippen molar-refractivity contribution >= 4 is 29.2 Å². The molecule has 7 heteroatoms. The first-order chi connectivity index (χ1) is 7.97. The summed E-state index contributed by atoms with van der Waals surface area (Å²) < 4.78 is 6.21. The smallest absolute Gasteiger partial charge is 0.325 e. The fraction of sp³-hybridized carbons (Fsp3) is 0.600. The Morgan fingerprint density at radius 1 is 1.65 bits per heavy atom. The average molecular weight is 280 g/mol. The molecule has 0 saturated carbocycles. The van der Waals surface area contributed by atoms with Gasteiger partial charge in [0.25, 0.3) is 0 Å². The fourth-order valence-electron chi connectivity index (χ4n) is 1.40. The van der Waals surface area contributed by atoms with Gasteiger partial charge in [0.1, 0.15) is 5.38 Å². The van der Waals surface area contributed by atoms with Crippen LogP contribution in [-0.4, -0.2) is 34.8 Å². The van der Waals surface area contributed by atoms with Gasteiger partial charge in [-0.3, -0.25) is 9.48 Å². The van der Waals surface area contributed by atoms with E-state index in [1.807, 2.05) is 14.0 Å². The molecule has 0 saturated heterocycles. The maximum Gasteiger partial charge on any atom is 0.325 e. The summed E-state index contributed by atoms with van der Waals surface area (Å²) in [5.41, 5.74) is 1.64. The van der Waals surface area contributed by atoms with Crippen molar-refractivity contribution in [2.24, 2.45) is 7.05 Å². The summed E-state index contributed by atoms with van der Waals surface area (Å²) in [4.78, 5) is 11.1. The summed E-state index contributed by atoms with van der Waals surface area (Å²) >= 11 is 11.9. The maximum absolute atomic E-state index is 11.1. The predicted octanol–water partition coefficient (Wildman–Crippen LogP) is 1.25. The summed E-state index contributed by atoms with van der Waals surface area (Å²) in [5, 5.41) is 7.14. The number of aromatic nitrogens is 2. The van der Waals surface area contributed by atoms with Crippen molar-refractivity contribution in [1.29, 1.82) is 0 Å². The Hall–Kier alpha value is -0.780. The monoisotopic (exact) mass is 279 g/mol. The number of nitrogens with one attached hydrogen (secondary N) is 1. The van der Waals surface area contributed by atoms with Crippen LogP contribution in [0.25, 0.3) is 0 Å². The molecule has 0 aromatic carbocycles. The predicted molar refractivity (Wildman–Crippen MR) is 66.3 cm³/mol. The molecule has 17 heavy (non-hydrogen) atoms. The molecule has 1 aromatic heterocycles. The lowest BCUT2D eigenvalue weighted by atomic mass is 10.3. The van der Waals surface area contributed by atoms with E-state index in [1.54, 1.807) is 4.68 Å². The van der Waals surface area contributed by atoms with Crippen molar-refractivity contribution in [2.75, 3.05) is 13.7 Å². The van der Waals surface area contributed by atoms with Crippen LogP contribution in [0.2, 0.25) is 5.02 Å². The molecule has 1 atom stereocenters. The number of hydrogen-bond donors (Lipinski definition) is 1. The van der Waals surface area contributed by atoms with E-state index in [0.29, 0.717) is 18.1 Å². The Balaban J connectivity index is 2.49. The maximum atomic E-state index is 11.1. The highest BCUT2D eigenvalue weighted by molar-refractivity contribution is 6.31. The number of carbonyl (C=O) groups excluding carboxylic acids is 1. The molecule has 5 nitrogen and oxygen atoms in total. The minimum absolute atomic E-state index is 0.314. The first kappa shape index (κ1) is 14.3. The van der Waals surface area contributed by atoms with E-state index in [9.17, 15) is 4.79 Å². The molecule has 0 spiro atoms. The highest BCUT2D eigenvalue weighted by atomic mass is 35.5. The molecule has 1 unspecified atom stereocenters. The minimum atomic E-state index is -0.701. The van der Waals surface area contributed by atoms with Crippen LogP contribution in [0.15, 0.2) is 0 Å². The van der Waals surface area contributed by atoms with Gasteiger partial charge in [0, 0.05) is 20.1 Å². The highest BCUT2D eigenvalue weighted by Crippen LogP contribution is 2.18. The summed E-state index contributed by atoms with van der Waals surface area (Å²) in [7, 11) is 3.12. The number of nitrogens with zero attached hydrogens (tertiary/aromatic N) is 2. The average Bonchev–Trinajstić information content (AvgIpc) is 2.54. The van der Waals surface area contributed by atoms with E-state index >= 15 is 0 Å². The second-order valence-corrected chi connectivity index (χ2v) is 4.50. The number of methoxy groups -OCH3 is 1. The zero-order chi connectivity index (χ0) is 13.0. The lowest BCUT2D eigenvalue weighted by Gasteiger charge is -2.09. The SMILES string of the molecule is COC(=O)C(Cl)CNCc1c(Cl)c(C)nn1C. The third-order valence-corrected chi connectivity index (χ3v) is 3.16. The molecule has 96 valence electrons. The molecule has 0 aliphatic carbocycles. The van der Waals surface area contributed by atoms with Gasteiger partial charge in [0.2, 0.25) is 0 Å². The Kier molecular flexibility index (Phi) is 5.24. The van der Waals surface area contributed by atoms with E-state index in [1.165, 1.54) is 7.11 Å². The summed E-state index contributed by atoms with van der Waals surface area (Å²) in [5.74, 6) is -0.452. The Morgan fingerprint density at radius 3 is 2.76 bits per heavy atom. The molecule has 0 aliphatic heterocycles. The van der Waals surface area contributed by atoms with Gasteiger partial charge >= 0.3 is 5.97 Å². The summed E-state index contributed by atoms with van der Waals surface area (Å²) in [6, 6.07) is 0. The Labute approximate surface area is 110 Å². The zero-order valence-corrected chi connectivity index (χ0v) is 11.5. The Bertz CT molecular complexity index is 407. The van der Waals surface area contributed by atoms with E-state index < -0.39 is 11.3 Å². The van der Waals surface area contributed by atoms with Crippen LogP contribution in [0.1, 0.15) is 11.4 Å². The lowest BCUT2D eigenvalue weighted by molar-refractivity contribution is -0.140. The molecule has 1 aromatic rings. The zero-order valence-electron chi connectivity index (χ0n) is 9.96. The molecule has 1 N–H and O–H groups in total. The number of aryl methyl sites for hydroxylation is 2. The van der Waals surface area contributed by atoms with Crippen LogP contribution in [0.4, 0.5) is 0 Å². The van der Waals surface area contributed by atoms with Crippen molar-refractivity contribution in [3.63, 3.8) is 0 Å². The molecule has 0 aliphatic rings. The summed E-state index contributed by atoms with van der Waals surface area (Å²) in [6.45, 7) is 2.65. The molecule has 0 fully saturated rings. The molecular weight excluding hydrogens is 265 g/mol. The van der Waals surface area contributed by atoms with E-state index in [4.69, 9.17) is 23.2 Å². The number of hydrogen-bond acceptors (Lipinski definition) is 4. The van der Waals surface area contributed by atoms with Gasteiger partial charge in [-0.15, -0.1) is 11.6 Å². The quantitative estimate of drug-likeness (QED) is 0.651. The molecular formula is C10H15Cl2N3O2.